The lowest BCUT2D eigenvalue weighted by Gasteiger charge is -2.05. The minimum atomic E-state index is -0.423. The summed E-state index contributed by atoms with van der Waals surface area (Å²) in [5.41, 5.74) is 0.923. The Morgan fingerprint density at radius 3 is 2.61 bits per heavy atom. The van der Waals surface area contributed by atoms with E-state index in [-0.39, 0.29) is 0 Å². The van der Waals surface area contributed by atoms with Gasteiger partial charge in [-0.1, -0.05) is 24.2 Å². The lowest BCUT2D eigenvalue weighted by Crippen LogP contribution is -1.90. The van der Waals surface area contributed by atoms with Crippen LogP contribution in [0.2, 0.25) is 0 Å². The van der Waals surface area contributed by atoms with E-state index in [1.807, 2.05) is 31.2 Å². The number of hydrogen-bond donors (Lipinski definition) is 1. The van der Waals surface area contributed by atoms with Crippen molar-refractivity contribution in [3.8, 4) is 0 Å². The van der Waals surface area contributed by atoms with Crippen molar-refractivity contribution < 1.29 is 9.63 Å². The van der Waals surface area contributed by atoms with Crippen LogP contribution in [0.25, 0.3) is 0 Å². The maximum atomic E-state index is 9.41. The zero-order valence-corrected chi connectivity index (χ0v) is 11.3. The van der Waals surface area contributed by atoms with Gasteiger partial charge in [-0.05, 0) is 24.6 Å². The highest BCUT2D eigenvalue weighted by Gasteiger charge is 2.05. The molecule has 0 saturated carbocycles. The summed E-state index contributed by atoms with van der Waals surface area (Å²) in [6.45, 7) is 3.74. The van der Waals surface area contributed by atoms with Gasteiger partial charge in [0.15, 0.2) is 5.82 Å². The molecule has 1 N–H and O–H groups in total. The molecule has 18 heavy (non-hydrogen) atoms. The van der Waals surface area contributed by atoms with Gasteiger partial charge in [0.2, 0.25) is 5.89 Å². The predicted molar refractivity (Wildman–Crippen MR) is 70.3 cm³/mol. The Morgan fingerprint density at radius 2 is 2.06 bits per heavy atom. The van der Waals surface area contributed by atoms with Gasteiger partial charge < -0.3 is 9.63 Å². The fourth-order valence-electron chi connectivity index (χ4n) is 1.48. The zero-order chi connectivity index (χ0) is 13.0. The number of hydrogen-bond acceptors (Lipinski definition) is 5. The van der Waals surface area contributed by atoms with Crippen LogP contribution in [0.15, 0.2) is 33.7 Å². The number of thioether (sulfide) groups is 1. The minimum absolute atomic E-state index is 0.423. The van der Waals surface area contributed by atoms with Crippen LogP contribution in [-0.4, -0.2) is 15.2 Å². The third kappa shape index (κ3) is 3.34. The molecule has 1 heterocycles. The fraction of sp³-hybridized carbons (Fsp3) is 0.385. The second-order valence-corrected chi connectivity index (χ2v) is 5.04. The second-order valence-electron chi connectivity index (χ2n) is 3.99. The maximum Gasteiger partial charge on any atom is 0.226 e. The highest BCUT2D eigenvalue weighted by molar-refractivity contribution is 7.98. The molecule has 0 aliphatic carbocycles. The molecule has 0 bridgehead atoms. The summed E-state index contributed by atoms with van der Waals surface area (Å²) in [6.07, 6.45) is 0.342. The Kier molecular flexibility index (Phi) is 4.38. The van der Waals surface area contributed by atoms with E-state index in [0.29, 0.717) is 11.6 Å². The van der Waals surface area contributed by atoms with Crippen molar-refractivity contribution >= 4 is 11.8 Å². The topological polar surface area (TPSA) is 59.2 Å². The fourth-order valence-corrected chi connectivity index (χ4v) is 2.22. The van der Waals surface area contributed by atoms with Crippen molar-refractivity contribution in [2.45, 2.75) is 37.0 Å². The van der Waals surface area contributed by atoms with Crippen LogP contribution in [-0.2, 0) is 12.2 Å². The first-order valence-electron chi connectivity index (χ1n) is 5.91. The van der Waals surface area contributed by atoms with E-state index in [9.17, 15) is 5.11 Å². The maximum absolute atomic E-state index is 9.41. The molecule has 1 atom stereocenters. The molecular formula is C13H16N2O2S. The Labute approximate surface area is 110 Å². The summed E-state index contributed by atoms with van der Waals surface area (Å²) in [5.74, 6) is 2.09. The van der Waals surface area contributed by atoms with E-state index in [0.717, 1.165) is 22.7 Å². The Balaban J connectivity index is 1.93. The van der Waals surface area contributed by atoms with Crippen LogP contribution >= 0.6 is 11.8 Å². The summed E-state index contributed by atoms with van der Waals surface area (Å²) in [6, 6.07) is 7.85. The number of rotatable bonds is 5. The second kappa shape index (κ2) is 6.02. The molecule has 5 heteroatoms. The number of aromatic nitrogens is 2. The molecule has 1 unspecified atom stereocenters. The SMILES string of the molecule is CCc1nc(CSc2ccc(C(C)O)cc2)no1. The van der Waals surface area contributed by atoms with Gasteiger partial charge in [0.1, 0.15) is 0 Å². The molecule has 0 radical (unpaired) electrons. The number of aliphatic hydroxyl groups excluding tert-OH is 1. The summed E-state index contributed by atoms with van der Waals surface area (Å²) in [5, 5.41) is 13.3. The molecular weight excluding hydrogens is 248 g/mol. The Hall–Kier alpha value is -1.33. The summed E-state index contributed by atoms with van der Waals surface area (Å²) in [7, 11) is 0. The molecule has 0 aliphatic heterocycles. The van der Waals surface area contributed by atoms with Gasteiger partial charge in [-0.3, -0.25) is 0 Å². The lowest BCUT2D eigenvalue weighted by atomic mass is 10.1. The van der Waals surface area contributed by atoms with Gasteiger partial charge in [-0.2, -0.15) is 4.98 Å². The van der Waals surface area contributed by atoms with E-state index in [4.69, 9.17) is 4.52 Å². The molecule has 96 valence electrons. The van der Waals surface area contributed by atoms with Crippen molar-refractivity contribution in [3.63, 3.8) is 0 Å². The van der Waals surface area contributed by atoms with Crippen LogP contribution in [0.3, 0.4) is 0 Å². The molecule has 0 saturated heterocycles. The molecule has 1 aromatic carbocycles. The van der Waals surface area contributed by atoms with Crippen molar-refractivity contribution in [2.24, 2.45) is 0 Å². The van der Waals surface area contributed by atoms with Crippen LogP contribution in [0.5, 0.6) is 0 Å². The van der Waals surface area contributed by atoms with Gasteiger partial charge in [0.05, 0.1) is 11.9 Å². The molecule has 2 rings (SSSR count). The normalized spacial score (nSPS) is 12.6. The third-order valence-corrected chi connectivity index (χ3v) is 3.55. The molecule has 0 aliphatic rings. The number of aliphatic hydroxyl groups is 1. The lowest BCUT2D eigenvalue weighted by molar-refractivity contribution is 0.199. The number of nitrogens with zero attached hydrogens (tertiary/aromatic N) is 2. The third-order valence-electron chi connectivity index (χ3n) is 2.54. The highest BCUT2D eigenvalue weighted by Crippen LogP contribution is 2.23. The van der Waals surface area contributed by atoms with Gasteiger partial charge in [0.25, 0.3) is 0 Å². The van der Waals surface area contributed by atoms with E-state index >= 15 is 0 Å². The van der Waals surface area contributed by atoms with E-state index in [2.05, 4.69) is 10.1 Å². The van der Waals surface area contributed by atoms with E-state index in [1.165, 1.54) is 0 Å². The van der Waals surface area contributed by atoms with Gasteiger partial charge in [-0.15, -0.1) is 11.8 Å². The van der Waals surface area contributed by atoms with Crippen molar-refractivity contribution in [2.75, 3.05) is 0 Å². The first-order chi connectivity index (χ1) is 8.69. The number of aryl methyl sites for hydroxylation is 1. The first-order valence-corrected chi connectivity index (χ1v) is 6.90. The molecule has 0 amide bonds. The minimum Gasteiger partial charge on any atom is -0.389 e. The molecule has 0 fully saturated rings. The van der Waals surface area contributed by atoms with Crippen molar-refractivity contribution in [1.29, 1.82) is 0 Å². The summed E-state index contributed by atoms with van der Waals surface area (Å²) >= 11 is 1.65. The van der Waals surface area contributed by atoms with Gasteiger partial charge >= 0.3 is 0 Å². The van der Waals surface area contributed by atoms with Gasteiger partial charge in [-0.25, -0.2) is 0 Å². The molecule has 1 aromatic heterocycles. The van der Waals surface area contributed by atoms with E-state index < -0.39 is 6.10 Å². The van der Waals surface area contributed by atoms with Gasteiger partial charge in [0, 0.05) is 11.3 Å². The molecule has 4 nitrogen and oxygen atoms in total. The summed E-state index contributed by atoms with van der Waals surface area (Å²) < 4.78 is 5.05. The smallest absolute Gasteiger partial charge is 0.226 e. The summed E-state index contributed by atoms with van der Waals surface area (Å²) in [4.78, 5) is 5.38. The molecule has 0 spiro atoms. The molecule has 2 aromatic rings. The largest absolute Gasteiger partial charge is 0.389 e. The van der Waals surface area contributed by atoms with Crippen molar-refractivity contribution in [1.82, 2.24) is 10.1 Å². The predicted octanol–water partition coefficient (Wildman–Crippen LogP) is 2.98. The Morgan fingerprint density at radius 1 is 1.33 bits per heavy atom. The quantitative estimate of drug-likeness (QED) is 0.841. The van der Waals surface area contributed by atoms with Crippen LogP contribution in [0, 0.1) is 0 Å². The van der Waals surface area contributed by atoms with E-state index in [1.54, 1.807) is 18.7 Å². The van der Waals surface area contributed by atoms with Crippen LogP contribution in [0.1, 0.15) is 37.2 Å². The Bertz CT molecular complexity index is 494. The van der Waals surface area contributed by atoms with Crippen molar-refractivity contribution in [3.05, 3.63) is 41.5 Å². The zero-order valence-electron chi connectivity index (χ0n) is 10.5. The first kappa shape index (κ1) is 13.1. The monoisotopic (exact) mass is 264 g/mol. The number of benzene rings is 1. The standard InChI is InChI=1S/C13H16N2O2S/c1-3-13-14-12(15-17-13)8-18-11-6-4-10(5-7-11)9(2)16/h4-7,9,16H,3,8H2,1-2H3. The average molecular weight is 264 g/mol. The van der Waals surface area contributed by atoms with Crippen LogP contribution < -0.4 is 0 Å². The van der Waals surface area contributed by atoms with Crippen LogP contribution in [0.4, 0.5) is 0 Å². The average Bonchev–Trinajstić information content (AvgIpc) is 2.85. The highest BCUT2D eigenvalue weighted by atomic mass is 32.2.